The van der Waals surface area contributed by atoms with E-state index in [4.69, 9.17) is 10.5 Å². The minimum absolute atomic E-state index is 0.0386. The number of nitrogens with one attached hydrogen (secondary N) is 2. The normalized spacial score (nSPS) is 15.5. The standard InChI is InChI=1S/C24H26N6O3/c1-33-22-17(15-11-27-30(13-15)16-4-2-5-16)6-3-7-19(22)28-20-10-21(26-12-18(20)23(25)31)29-24(32)14-8-9-14/h3,6-7,10-14,16H,2,4-5,8-9H2,1H3,(H2,25,31)(H2,26,28,29,32). The summed E-state index contributed by atoms with van der Waals surface area (Å²) < 4.78 is 7.76. The van der Waals surface area contributed by atoms with Gasteiger partial charge in [0.25, 0.3) is 5.91 Å². The van der Waals surface area contributed by atoms with Crippen molar-refractivity contribution in [1.82, 2.24) is 14.8 Å². The number of amides is 2. The molecule has 0 aliphatic heterocycles. The van der Waals surface area contributed by atoms with Crippen LogP contribution >= 0.6 is 0 Å². The van der Waals surface area contributed by atoms with Gasteiger partial charge < -0.3 is 21.1 Å². The zero-order valence-corrected chi connectivity index (χ0v) is 18.4. The number of carbonyl (C=O) groups is 2. The van der Waals surface area contributed by atoms with Gasteiger partial charge in [-0.05, 0) is 38.2 Å². The van der Waals surface area contributed by atoms with E-state index in [2.05, 4.69) is 20.7 Å². The molecule has 2 saturated carbocycles. The summed E-state index contributed by atoms with van der Waals surface area (Å²) >= 11 is 0. The molecule has 5 rings (SSSR count). The molecule has 0 spiro atoms. The first-order chi connectivity index (χ1) is 16.0. The number of para-hydroxylation sites is 1. The molecule has 2 heterocycles. The van der Waals surface area contributed by atoms with Gasteiger partial charge in [0, 0.05) is 35.5 Å². The lowest BCUT2D eigenvalue weighted by atomic mass is 9.93. The second-order valence-corrected chi connectivity index (χ2v) is 8.55. The van der Waals surface area contributed by atoms with Crippen LogP contribution in [-0.4, -0.2) is 33.7 Å². The summed E-state index contributed by atoms with van der Waals surface area (Å²) in [6.45, 7) is 0. The molecule has 0 atom stereocenters. The van der Waals surface area contributed by atoms with Gasteiger partial charge in [-0.15, -0.1) is 0 Å². The van der Waals surface area contributed by atoms with Crippen LogP contribution in [0.1, 0.15) is 48.5 Å². The number of ether oxygens (including phenoxy) is 1. The van der Waals surface area contributed by atoms with Gasteiger partial charge in [0.1, 0.15) is 11.6 Å². The van der Waals surface area contributed by atoms with E-state index in [0.29, 0.717) is 29.0 Å². The highest BCUT2D eigenvalue weighted by Gasteiger charge is 2.30. The Morgan fingerprint density at radius 2 is 1.97 bits per heavy atom. The van der Waals surface area contributed by atoms with Crippen LogP contribution in [0.3, 0.4) is 0 Å². The first-order valence-corrected chi connectivity index (χ1v) is 11.1. The number of benzene rings is 1. The topological polar surface area (TPSA) is 124 Å². The molecule has 0 radical (unpaired) electrons. The Labute approximate surface area is 191 Å². The minimum Gasteiger partial charge on any atom is -0.494 e. The van der Waals surface area contributed by atoms with Gasteiger partial charge >= 0.3 is 0 Å². The van der Waals surface area contributed by atoms with Crippen molar-refractivity contribution in [3.63, 3.8) is 0 Å². The summed E-state index contributed by atoms with van der Waals surface area (Å²) in [5.74, 6) is 0.319. The largest absolute Gasteiger partial charge is 0.494 e. The summed E-state index contributed by atoms with van der Waals surface area (Å²) in [6, 6.07) is 7.80. The third-order valence-corrected chi connectivity index (χ3v) is 6.22. The summed E-state index contributed by atoms with van der Waals surface area (Å²) in [5.41, 5.74) is 8.70. The summed E-state index contributed by atoms with van der Waals surface area (Å²) in [7, 11) is 1.60. The van der Waals surface area contributed by atoms with Crippen molar-refractivity contribution in [1.29, 1.82) is 0 Å². The molecule has 2 aromatic heterocycles. The van der Waals surface area contributed by atoms with Crippen LogP contribution < -0.4 is 21.1 Å². The van der Waals surface area contributed by atoms with Crippen LogP contribution in [0.25, 0.3) is 11.1 Å². The fraction of sp³-hybridized carbons (Fsp3) is 0.333. The third kappa shape index (κ3) is 4.26. The lowest BCUT2D eigenvalue weighted by molar-refractivity contribution is -0.117. The van der Waals surface area contributed by atoms with Crippen molar-refractivity contribution in [2.45, 2.75) is 38.1 Å². The van der Waals surface area contributed by atoms with E-state index in [9.17, 15) is 9.59 Å². The molecule has 9 nitrogen and oxygen atoms in total. The monoisotopic (exact) mass is 446 g/mol. The Morgan fingerprint density at radius 1 is 1.15 bits per heavy atom. The first-order valence-electron chi connectivity index (χ1n) is 11.1. The number of primary amides is 1. The van der Waals surface area contributed by atoms with Crippen molar-refractivity contribution >= 4 is 29.0 Å². The number of pyridine rings is 1. The highest BCUT2D eigenvalue weighted by molar-refractivity contribution is 6.01. The predicted octanol–water partition coefficient (Wildman–Crippen LogP) is 3.87. The van der Waals surface area contributed by atoms with E-state index in [1.165, 1.54) is 12.6 Å². The maximum Gasteiger partial charge on any atom is 0.252 e. The number of aromatic nitrogens is 3. The number of carbonyl (C=O) groups excluding carboxylic acids is 2. The first kappa shape index (κ1) is 21.0. The van der Waals surface area contributed by atoms with Crippen LogP contribution in [0.2, 0.25) is 0 Å². The molecule has 0 bridgehead atoms. The van der Waals surface area contributed by atoms with Crippen LogP contribution in [0.4, 0.5) is 17.2 Å². The second-order valence-electron chi connectivity index (χ2n) is 8.55. The molecule has 9 heteroatoms. The van der Waals surface area contributed by atoms with E-state index in [1.807, 2.05) is 35.3 Å². The number of hydrogen-bond acceptors (Lipinski definition) is 6. The lowest BCUT2D eigenvalue weighted by Gasteiger charge is -2.25. The number of nitrogens with zero attached hydrogens (tertiary/aromatic N) is 3. The molecule has 2 fully saturated rings. The molecule has 0 unspecified atom stereocenters. The van der Waals surface area contributed by atoms with Gasteiger partial charge in [0.2, 0.25) is 5.91 Å². The molecule has 0 saturated heterocycles. The third-order valence-electron chi connectivity index (χ3n) is 6.22. The summed E-state index contributed by atoms with van der Waals surface area (Å²) in [5, 5.41) is 10.6. The SMILES string of the molecule is COc1c(Nc2cc(NC(=O)C3CC3)ncc2C(N)=O)cccc1-c1cnn(C2CCC2)c1. The zero-order valence-electron chi connectivity index (χ0n) is 18.4. The molecule has 1 aromatic carbocycles. The zero-order chi connectivity index (χ0) is 22.9. The lowest BCUT2D eigenvalue weighted by Crippen LogP contribution is -2.17. The van der Waals surface area contributed by atoms with E-state index in [1.54, 1.807) is 13.2 Å². The van der Waals surface area contributed by atoms with Gasteiger partial charge in [0.15, 0.2) is 0 Å². The van der Waals surface area contributed by atoms with Gasteiger partial charge in [-0.2, -0.15) is 5.10 Å². The van der Waals surface area contributed by atoms with Gasteiger partial charge in [0.05, 0.1) is 36.3 Å². The van der Waals surface area contributed by atoms with Crippen LogP contribution in [0.15, 0.2) is 42.9 Å². The van der Waals surface area contributed by atoms with Crippen molar-refractivity contribution in [3.8, 4) is 16.9 Å². The van der Waals surface area contributed by atoms with Gasteiger partial charge in [-0.1, -0.05) is 12.1 Å². The fourth-order valence-corrected chi connectivity index (χ4v) is 3.95. The minimum atomic E-state index is -0.623. The van der Waals surface area contributed by atoms with E-state index < -0.39 is 5.91 Å². The van der Waals surface area contributed by atoms with E-state index in [-0.39, 0.29) is 17.4 Å². The summed E-state index contributed by atoms with van der Waals surface area (Å²) in [4.78, 5) is 28.3. The highest BCUT2D eigenvalue weighted by Crippen LogP contribution is 2.40. The van der Waals surface area contributed by atoms with Crippen LogP contribution in [0.5, 0.6) is 5.75 Å². The quantitative estimate of drug-likeness (QED) is 0.482. The van der Waals surface area contributed by atoms with E-state index >= 15 is 0 Å². The van der Waals surface area contributed by atoms with Gasteiger partial charge in [-0.25, -0.2) is 4.98 Å². The van der Waals surface area contributed by atoms with Crippen molar-refractivity contribution < 1.29 is 14.3 Å². The Bertz CT molecular complexity index is 1210. The maximum absolute atomic E-state index is 12.1. The number of nitrogens with two attached hydrogens (primary N) is 1. The van der Waals surface area contributed by atoms with Crippen molar-refractivity contribution in [2.75, 3.05) is 17.7 Å². The molecule has 2 aliphatic carbocycles. The van der Waals surface area contributed by atoms with Crippen molar-refractivity contribution in [3.05, 3.63) is 48.4 Å². The Hall–Kier alpha value is -3.88. The Morgan fingerprint density at radius 3 is 2.64 bits per heavy atom. The average molecular weight is 447 g/mol. The molecular weight excluding hydrogens is 420 g/mol. The fourth-order valence-electron chi connectivity index (χ4n) is 3.95. The number of hydrogen-bond donors (Lipinski definition) is 3. The highest BCUT2D eigenvalue weighted by atomic mass is 16.5. The molecule has 2 amide bonds. The Kier molecular flexibility index (Phi) is 5.45. The predicted molar refractivity (Wildman–Crippen MR) is 124 cm³/mol. The number of rotatable bonds is 8. The molecule has 3 aromatic rings. The molecular formula is C24H26N6O3. The smallest absolute Gasteiger partial charge is 0.252 e. The molecule has 170 valence electrons. The molecule has 4 N–H and O–H groups in total. The summed E-state index contributed by atoms with van der Waals surface area (Å²) in [6.07, 6.45) is 10.6. The second kappa shape index (κ2) is 8.57. The molecule has 33 heavy (non-hydrogen) atoms. The van der Waals surface area contributed by atoms with Crippen molar-refractivity contribution in [2.24, 2.45) is 11.7 Å². The van der Waals surface area contributed by atoms with Gasteiger partial charge in [-0.3, -0.25) is 14.3 Å². The molecule has 2 aliphatic rings. The number of anilines is 3. The number of methoxy groups -OCH3 is 1. The Balaban J connectivity index is 1.47. The average Bonchev–Trinajstić information content (AvgIpc) is 3.51. The van der Waals surface area contributed by atoms with Crippen LogP contribution in [-0.2, 0) is 4.79 Å². The maximum atomic E-state index is 12.1. The van der Waals surface area contributed by atoms with Crippen LogP contribution in [0, 0.1) is 5.92 Å². The van der Waals surface area contributed by atoms with E-state index in [0.717, 1.165) is 36.8 Å².